The maximum Gasteiger partial charge on any atom is 0.416 e. The topological polar surface area (TPSA) is 15.7 Å². The summed E-state index contributed by atoms with van der Waals surface area (Å²) >= 11 is 0. The number of hydrogen-bond donors (Lipinski definition) is 0. The van der Waals surface area contributed by atoms with E-state index in [1.54, 1.807) is 12.1 Å². The van der Waals surface area contributed by atoms with Crippen LogP contribution >= 0.6 is 0 Å². The molecular weight excluding hydrogens is 413 g/mol. The van der Waals surface area contributed by atoms with Gasteiger partial charge in [-0.1, -0.05) is 12.5 Å². The lowest BCUT2D eigenvalue weighted by Crippen LogP contribution is -2.38. The summed E-state index contributed by atoms with van der Waals surface area (Å²) in [6.07, 6.45) is 3.94. The molecule has 2 fully saturated rings. The summed E-state index contributed by atoms with van der Waals surface area (Å²) in [5.41, 5.74) is 3.16. The lowest BCUT2D eigenvalue weighted by atomic mass is 10.0. The Kier molecular flexibility index (Phi) is 6.06. The maximum atomic E-state index is 12.8. The molecule has 3 nitrogen and oxygen atoms in total. The number of nitrogens with zero attached hydrogens (tertiary/aromatic N) is 2. The third kappa shape index (κ3) is 4.61. The minimum atomic E-state index is -4.29. The smallest absolute Gasteiger partial charge is 0.416 e. The van der Waals surface area contributed by atoms with Crippen molar-refractivity contribution >= 4 is 5.69 Å². The Hall–Kier alpha value is -2.21. The molecule has 32 heavy (non-hydrogen) atoms. The van der Waals surface area contributed by atoms with Gasteiger partial charge in [0, 0.05) is 37.7 Å². The van der Waals surface area contributed by atoms with Gasteiger partial charge in [0.25, 0.3) is 0 Å². The van der Waals surface area contributed by atoms with Gasteiger partial charge >= 0.3 is 6.18 Å². The minimum Gasteiger partial charge on any atom is -0.490 e. The fourth-order valence-corrected chi connectivity index (χ4v) is 5.54. The Morgan fingerprint density at radius 3 is 2.22 bits per heavy atom. The molecule has 0 saturated carbocycles. The summed E-state index contributed by atoms with van der Waals surface area (Å²) in [6.45, 7) is 4.02. The molecule has 2 aromatic carbocycles. The van der Waals surface area contributed by atoms with E-state index in [-0.39, 0.29) is 6.10 Å². The van der Waals surface area contributed by atoms with E-state index in [0.717, 1.165) is 43.8 Å². The largest absolute Gasteiger partial charge is 0.490 e. The maximum absolute atomic E-state index is 12.8. The fourth-order valence-electron chi connectivity index (χ4n) is 5.54. The number of fused-ring (bicyclic) bond motifs is 1. The SMILES string of the molecule is FC(F)(F)c1ccc(N2CCC(Oc3ccc4c(c3)CCC4N3CCCCC3)CC2)cc1. The summed E-state index contributed by atoms with van der Waals surface area (Å²) in [5.74, 6) is 0.955. The van der Waals surface area contributed by atoms with E-state index >= 15 is 0 Å². The minimum absolute atomic E-state index is 0.151. The molecule has 5 rings (SSSR count). The second-order valence-electron chi connectivity index (χ2n) is 9.36. The summed E-state index contributed by atoms with van der Waals surface area (Å²) < 4.78 is 44.7. The van der Waals surface area contributed by atoms with Crippen LogP contribution in [0.15, 0.2) is 42.5 Å². The number of likely N-dealkylation sites (tertiary alicyclic amines) is 1. The van der Waals surface area contributed by atoms with Crippen LogP contribution in [0.25, 0.3) is 0 Å². The van der Waals surface area contributed by atoms with Gasteiger partial charge < -0.3 is 9.64 Å². The number of hydrogen-bond acceptors (Lipinski definition) is 3. The lowest BCUT2D eigenvalue weighted by molar-refractivity contribution is -0.137. The third-order valence-electron chi connectivity index (χ3n) is 7.30. The number of anilines is 1. The van der Waals surface area contributed by atoms with E-state index in [4.69, 9.17) is 4.74 Å². The van der Waals surface area contributed by atoms with Gasteiger partial charge in [0.15, 0.2) is 0 Å². The molecule has 0 bridgehead atoms. The predicted molar refractivity (Wildman–Crippen MR) is 120 cm³/mol. The van der Waals surface area contributed by atoms with Crippen LogP contribution in [0.3, 0.4) is 0 Å². The van der Waals surface area contributed by atoms with Gasteiger partial charge in [0.1, 0.15) is 11.9 Å². The zero-order valence-corrected chi connectivity index (χ0v) is 18.4. The average molecular weight is 445 g/mol. The van der Waals surface area contributed by atoms with Gasteiger partial charge in [-0.2, -0.15) is 13.2 Å². The van der Waals surface area contributed by atoms with E-state index in [1.165, 1.54) is 62.0 Å². The first-order valence-electron chi connectivity index (χ1n) is 11.9. The van der Waals surface area contributed by atoms with Gasteiger partial charge in [-0.25, -0.2) is 0 Å². The highest BCUT2D eigenvalue weighted by molar-refractivity contribution is 5.48. The molecule has 3 aliphatic rings. The normalized spacial score (nSPS) is 22.7. The molecule has 172 valence electrons. The van der Waals surface area contributed by atoms with Gasteiger partial charge in [-0.3, -0.25) is 4.90 Å². The summed E-state index contributed by atoms with van der Waals surface area (Å²) in [6, 6.07) is 12.7. The number of rotatable bonds is 4. The van der Waals surface area contributed by atoms with Crippen LogP contribution in [0.1, 0.15) is 61.3 Å². The molecular formula is C26H31F3N2O. The van der Waals surface area contributed by atoms with Crippen LogP contribution in [0.4, 0.5) is 18.9 Å². The zero-order chi connectivity index (χ0) is 22.1. The third-order valence-corrected chi connectivity index (χ3v) is 7.30. The Bertz CT molecular complexity index is 914. The standard InChI is InChI=1S/C26H31F3N2O/c27-26(28,29)20-5-7-21(8-6-20)30-16-12-22(13-17-30)32-23-9-10-24-19(18-23)4-11-25(24)31-14-2-1-3-15-31/h5-10,18,22,25H,1-4,11-17H2. The lowest BCUT2D eigenvalue weighted by Gasteiger charge is -2.34. The first-order chi connectivity index (χ1) is 15.5. The Morgan fingerprint density at radius 2 is 1.53 bits per heavy atom. The molecule has 6 heteroatoms. The van der Waals surface area contributed by atoms with Crippen molar-refractivity contribution in [2.24, 2.45) is 0 Å². The van der Waals surface area contributed by atoms with Crippen molar-refractivity contribution in [3.05, 3.63) is 59.2 Å². The van der Waals surface area contributed by atoms with Gasteiger partial charge in [0.05, 0.1) is 5.56 Å². The van der Waals surface area contributed by atoms with Crippen LogP contribution in [0, 0.1) is 0 Å². The monoisotopic (exact) mass is 444 g/mol. The molecule has 1 atom stereocenters. The molecule has 2 saturated heterocycles. The number of piperidine rings is 2. The number of benzene rings is 2. The van der Waals surface area contributed by atoms with E-state index in [1.807, 2.05) is 0 Å². The van der Waals surface area contributed by atoms with Crippen molar-refractivity contribution in [1.29, 1.82) is 0 Å². The van der Waals surface area contributed by atoms with E-state index in [2.05, 4.69) is 28.0 Å². The van der Waals surface area contributed by atoms with E-state index in [0.29, 0.717) is 6.04 Å². The summed E-state index contributed by atoms with van der Waals surface area (Å²) in [4.78, 5) is 4.80. The number of alkyl halides is 3. The molecule has 0 aromatic heterocycles. The quantitative estimate of drug-likeness (QED) is 0.556. The molecule has 2 aliphatic heterocycles. The van der Waals surface area contributed by atoms with Crippen molar-refractivity contribution < 1.29 is 17.9 Å². The predicted octanol–water partition coefficient (Wildman–Crippen LogP) is 6.23. The molecule has 2 aromatic rings. The molecule has 1 unspecified atom stereocenters. The summed E-state index contributed by atoms with van der Waals surface area (Å²) in [7, 11) is 0. The zero-order valence-electron chi connectivity index (χ0n) is 18.4. The van der Waals surface area contributed by atoms with Crippen molar-refractivity contribution in [1.82, 2.24) is 4.90 Å². The van der Waals surface area contributed by atoms with Gasteiger partial charge in [0.2, 0.25) is 0 Å². The number of halogens is 3. The first-order valence-corrected chi connectivity index (χ1v) is 11.9. The first kappa shape index (κ1) is 21.6. The molecule has 0 amide bonds. The van der Waals surface area contributed by atoms with Gasteiger partial charge in [-0.05, 0) is 86.3 Å². The van der Waals surface area contributed by atoms with Crippen LogP contribution in [0.5, 0.6) is 5.75 Å². The highest BCUT2D eigenvalue weighted by Crippen LogP contribution is 2.39. The van der Waals surface area contributed by atoms with Crippen molar-refractivity contribution in [3.63, 3.8) is 0 Å². The van der Waals surface area contributed by atoms with Crippen LogP contribution < -0.4 is 9.64 Å². The van der Waals surface area contributed by atoms with Crippen molar-refractivity contribution in [3.8, 4) is 5.75 Å². The molecule has 2 heterocycles. The molecule has 0 spiro atoms. The van der Waals surface area contributed by atoms with Crippen molar-refractivity contribution in [2.45, 2.75) is 63.3 Å². The fraction of sp³-hybridized carbons (Fsp3) is 0.538. The van der Waals surface area contributed by atoms with Crippen LogP contribution in [-0.4, -0.2) is 37.2 Å². The van der Waals surface area contributed by atoms with Crippen LogP contribution in [-0.2, 0) is 12.6 Å². The average Bonchev–Trinajstić information content (AvgIpc) is 3.23. The molecule has 0 N–H and O–H groups in total. The highest BCUT2D eigenvalue weighted by Gasteiger charge is 2.31. The Balaban J connectivity index is 1.16. The van der Waals surface area contributed by atoms with E-state index in [9.17, 15) is 13.2 Å². The Labute approximate surface area is 188 Å². The highest BCUT2D eigenvalue weighted by atomic mass is 19.4. The number of aryl methyl sites for hydroxylation is 1. The number of ether oxygens (including phenoxy) is 1. The molecule has 1 aliphatic carbocycles. The Morgan fingerprint density at radius 1 is 0.812 bits per heavy atom. The summed E-state index contributed by atoms with van der Waals surface area (Å²) in [5, 5.41) is 0. The van der Waals surface area contributed by atoms with Crippen LogP contribution in [0.2, 0.25) is 0 Å². The van der Waals surface area contributed by atoms with Crippen molar-refractivity contribution in [2.75, 3.05) is 31.1 Å². The van der Waals surface area contributed by atoms with Gasteiger partial charge in [-0.15, -0.1) is 0 Å². The molecule has 0 radical (unpaired) electrons. The second-order valence-corrected chi connectivity index (χ2v) is 9.36. The second kappa shape index (κ2) is 8.97. The van der Waals surface area contributed by atoms with E-state index < -0.39 is 11.7 Å².